The number of hydrogen-bond acceptors (Lipinski definition) is 4. The first kappa shape index (κ1) is 23.1. The van der Waals surface area contributed by atoms with Crippen molar-refractivity contribution in [3.8, 4) is 0 Å². The van der Waals surface area contributed by atoms with Crippen LogP contribution >= 0.6 is 0 Å². The van der Waals surface area contributed by atoms with Crippen molar-refractivity contribution < 1.29 is 19.1 Å². The van der Waals surface area contributed by atoms with Gasteiger partial charge in [0.05, 0.1) is 14.2 Å². The SMILES string of the molecule is COC(=O)C(C)=CC=CC(C)=CC=CC=C(C)C=CC=C(C)C(=O)OC. The molecule has 0 radical (unpaired) electrons. The Kier molecular flexibility index (Phi) is 11.9. The van der Waals surface area contributed by atoms with Gasteiger partial charge in [-0.1, -0.05) is 71.9 Å². The van der Waals surface area contributed by atoms with Gasteiger partial charge in [-0.05, 0) is 27.7 Å². The predicted octanol–water partition coefficient (Wildman–Crippen LogP) is 4.79. The van der Waals surface area contributed by atoms with Gasteiger partial charge < -0.3 is 9.47 Å². The summed E-state index contributed by atoms with van der Waals surface area (Å²) < 4.78 is 9.25. The lowest BCUT2D eigenvalue weighted by molar-refractivity contribution is -0.136. The van der Waals surface area contributed by atoms with E-state index in [9.17, 15) is 9.59 Å². The molecule has 0 aromatic carbocycles. The maximum absolute atomic E-state index is 11.2. The van der Waals surface area contributed by atoms with Crippen LogP contribution in [0.2, 0.25) is 0 Å². The third-order valence-corrected chi connectivity index (χ3v) is 3.25. The Morgan fingerprint density at radius 3 is 1.23 bits per heavy atom. The second-order valence-electron chi connectivity index (χ2n) is 5.61. The smallest absolute Gasteiger partial charge is 0.333 e. The lowest BCUT2D eigenvalue weighted by Gasteiger charge is -1.95. The molecule has 140 valence electrons. The van der Waals surface area contributed by atoms with Crippen molar-refractivity contribution in [3.05, 3.63) is 83.1 Å². The van der Waals surface area contributed by atoms with Crippen LogP contribution in [0.15, 0.2) is 83.1 Å². The Morgan fingerprint density at radius 1 is 0.577 bits per heavy atom. The first-order chi connectivity index (χ1) is 12.3. The van der Waals surface area contributed by atoms with Gasteiger partial charge in [-0.25, -0.2) is 9.59 Å². The van der Waals surface area contributed by atoms with E-state index in [-0.39, 0.29) is 11.9 Å². The summed E-state index contributed by atoms with van der Waals surface area (Å²) >= 11 is 0. The number of allylic oxidation sites excluding steroid dienone is 12. The number of hydrogen-bond donors (Lipinski definition) is 0. The van der Waals surface area contributed by atoms with Crippen LogP contribution in [0.4, 0.5) is 0 Å². The summed E-state index contributed by atoms with van der Waals surface area (Å²) in [5.74, 6) is -0.664. The molecule has 4 nitrogen and oxygen atoms in total. The summed E-state index contributed by atoms with van der Waals surface area (Å²) in [5, 5.41) is 0. The minimum Gasteiger partial charge on any atom is -0.466 e. The third-order valence-electron chi connectivity index (χ3n) is 3.25. The third kappa shape index (κ3) is 10.8. The zero-order valence-electron chi connectivity index (χ0n) is 16.4. The van der Waals surface area contributed by atoms with Crippen LogP contribution in [0, 0.1) is 0 Å². The van der Waals surface area contributed by atoms with Crippen LogP contribution < -0.4 is 0 Å². The number of esters is 2. The molecule has 0 unspecified atom stereocenters. The molecule has 0 aromatic heterocycles. The molecule has 0 aromatic rings. The lowest BCUT2D eigenvalue weighted by Crippen LogP contribution is -2.00. The summed E-state index contributed by atoms with van der Waals surface area (Å²) in [7, 11) is 2.72. The van der Waals surface area contributed by atoms with Gasteiger partial charge >= 0.3 is 11.9 Å². The number of carbonyl (C=O) groups is 2. The van der Waals surface area contributed by atoms with Crippen molar-refractivity contribution in [1.29, 1.82) is 0 Å². The van der Waals surface area contributed by atoms with Gasteiger partial charge in [-0.3, -0.25) is 0 Å². The standard InChI is InChI=1S/C22H28O4/c1-17(13-9-15-19(3)21(23)25-5)11-7-8-12-18(2)14-10-16-20(4)22(24)26-6/h7-16H,1-6H3. The minimum atomic E-state index is -0.332. The Labute approximate surface area is 156 Å². The zero-order valence-corrected chi connectivity index (χ0v) is 16.4. The predicted molar refractivity (Wildman–Crippen MR) is 106 cm³/mol. The summed E-state index contributed by atoms with van der Waals surface area (Å²) in [6.07, 6.45) is 18.7. The summed E-state index contributed by atoms with van der Waals surface area (Å²) in [5.41, 5.74) is 3.20. The molecule has 0 spiro atoms. The van der Waals surface area contributed by atoms with E-state index in [1.807, 2.05) is 62.5 Å². The molecule has 0 rings (SSSR count). The quantitative estimate of drug-likeness (QED) is 0.357. The highest BCUT2D eigenvalue weighted by Gasteiger charge is 2.00. The van der Waals surface area contributed by atoms with E-state index in [2.05, 4.69) is 9.47 Å². The molecule has 0 saturated carbocycles. The van der Waals surface area contributed by atoms with Crippen LogP contribution in [0.5, 0.6) is 0 Å². The molecule has 0 saturated heterocycles. The summed E-state index contributed by atoms with van der Waals surface area (Å²) in [6, 6.07) is 0. The average molecular weight is 356 g/mol. The van der Waals surface area contributed by atoms with Gasteiger partial charge in [-0.15, -0.1) is 0 Å². The van der Waals surface area contributed by atoms with Gasteiger partial charge in [0, 0.05) is 11.1 Å². The van der Waals surface area contributed by atoms with Crippen molar-refractivity contribution >= 4 is 11.9 Å². The molecular weight excluding hydrogens is 328 g/mol. The molecule has 0 fully saturated rings. The highest BCUT2D eigenvalue weighted by Crippen LogP contribution is 2.02. The Morgan fingerprint density at radius 2 is 0.923 bits per heavy atom. The largest absolute Gasteiger partial charge is 0.466 e. The first-order valence-electron chi connectivity index (χ1n) is 8.20. The molecule has 0 bridgehead atoms. The lowest BCUT2D eigenvalue weighted by atomic mass is 10.2. The molecule has 26 heavy (non-hydrogen) atoms. The fourth-order valence-corrected chi connectivity index (χ4v) is 1.67. The van der Waals surface area contributed by atoms with Crippen LogP contribution in [0.3, 0.4) is 0 Å². The number of ether oxygens (including phenoxy) is 2. The number of carbonyl (C=O) groups excluding carboxylic acids is 2. The normalized spacial score (nSPS) is 14.5. The van der Waals surface area contributed by atoms with Crippen LogP contribution in [0.1, 0.15) is 27.7 Å². The van der Waals surface area contributed by atoms with E-state index in [1.54, 1.807) is 26.0 Å². The van der Waals surface area contributed by atoms with Crippen LogP contribution in [0.25, 0.3) is 0 Å². The molecule has 4 heteroatoms. The minimum absolute atomic E-state index is 0.332. The van der Waals surface area contributed by atoms with Gasteiger partial charge in [0.25, 0.3) is 0 Å². The van der Waals surface area contributed by atoms with Gasteiger partial charge in [0.1, 0.15) is 0 Å². The van der Waals surface area contributed by atoms with Crippen molar-refractivity contribution in [3.63, 3.8) is 0 Å². The van der Waals surface area contributed by atoms with Gasteiger partial charge in [-0.2, -0.15) is 0 Å². The van der Waals surface area contributed by atoms with E-state index in [1.165, 1.54) is 14.2 Å². The second kappa shape index (κ2) is 13.4. The van der Waals surface area contributed by atoms with E-state index in [0.29, 0.717) is 11.1 Å². The summed E-state index contributed by atoms with van der Waals surface area (Å²) in [6.45, 7) is 7.36. The second-order valence-corrected chi connectivity index (χ2v) is 5.61. The first-order valence-corrected chi connectivity index (χ1v) is 8.20. The molecule has 0 aliphatic rings. The maximum atomic E-state index is 11.2. The van der Waals surface area contributed by atoms with Crippen molar-refractivity contribution in [2.75, 3.05) is 14.2 Å². The molecule has 0 N–H and O–H groups in total. The highest BCUT2D eigenvalue weighted by molar-refractivity contribution is 5.88. The monoisotopic (exact) mass is 356 g/mol. The van der Waals surface area contributed by atoms with Gasteiger partial charge in [0.2, 0.25) is 0 Å². The molecular formula is C22H28O4. The Bertz CT molecular complexity index is 636. The van der Waals surface area contributed by atoms with Crippen molar-refractivity contribution in [2.24, 2.45) is 0 Å². The van der Waals surface area contributed by atoms with E-state index in [0.717, 1.165) is 11.1 Å². The van der Waals surface area contributed by atoms with Crippen LogP contribution in [-0.4, -0.2) is 26.2 Å². The van der Waals surface area contributed by atoms with Crippen molar-refractivity contribution in [2.45, 2.75) is 27.7 Å². The maximum Gasteiger partial charge on any atom is 0.333 e. The highest BCUT2D eigenvalue weighted by atomic mass is 16.5. The molecule has 0 atom stereocenters. The van der Waals surface area contributed by atoms with E-state index in [4.69, 9.17) is 0 Å². The molecule has 0 aliphatic carbocycles. The van der Waals surface area contributed by atoms with Gasteiger partial charge in [0.15, 0.2) is 0 Å². The summed E-state index contributed by atoms with van der Waals surface area (Å²) in [4.78, 5) is 22.5. The van der Waals surface area contributed by atoms with E-state index >= 15 is 0 Å². The van der Waals surface area contributed by atoms with Crippen molar-refractivity contribution in [1.82, 2.24) is 0 Å². The fourth-order valence-electron chi connectivity index (χ4n) is 1.67. The Hall–Kier alpha value is -2.88. The average Bonchev–Trinajstić information content (AvgIpc) is 2.63. The zero-order chi connectivity index (χ0) is 19.9. The van der Waals surface area contributed by atoms with E-state index < -0.39 is 0 Å². The fraction of sp³-hybridized carbons (Fsp3) is 0.273. The number of methoxy groups -OCH3 is 2. The molecule has 0 aliphatic heterocycles. The Balaban J connectivity index is 4.67. The molecule has 0 heterocycles. The topological polar surface area (TPSA) is 52.6 Å². The number of rotatable bonds is 8. The van der Waals surface area contributed by atoms with Crippen LogP contribution in [-0.2, 0) is 19.1 Å². The molecule has 0 amide bonds.